The van der Waals surface area contributed by atoms with Crippen molar-refractivity contribution in [1.82, 2.24) is 0 Å². The third-order valence-corrected chi connectivity index (χ3v) is 11.1. The molecule has 0 saturated carbocycles. The Morgan fingerprint density at radius 3 is 2.13 bits per heavy atom. The van der Waals surface area contributed by atoms with Gasteiger partial charge < -0.3 is 0 Å². The summed E-state index contributed by atoms with van der Waals surface area (Å²) in [5.74, 6) is 0. The number of hydrogen-bond donors (Lipinski definition) is 0. The van der Waals surface area contributed by atoms with E-state index in [1.807, 2.05) is 6.07 Å². The van der Waals surface area contributed by atoms with Crippen molar-refractivity contribution in [1.29, 1.82) is 0 Å². The van der Waals surface area contributed by atoms with Gasteiger partial charge in [-0.1, -0.05) is 0 Å². The Kier molecular flexibility index (Phi) is 4.38. The molecule has 0 N–H and O–H groups in total. The van der Waals surface area contributed by atoms with Crippen LogP contribution in [-0.2, 0) is 4.52 Å². The van der Waals surface area contributed by atoms with E-state index in [0.717, 1.165) is 6.61 Å². The van der Waals surface area contributed by atoms with Crippen LogP contribution in [-0.4, -0.2) is 26.9 Å². The molecule has 0 spiro atoms. The van der Waals surface area contributed by atoms with Crippen LogP contribution in [0.3, 0.4) is 0 Å². The van der Waals surface area contributed by atoms with Gasteiger partial charge in [-0.25, -0.2) is 0 Å². The topological polar surface area (TPSA) is 9.23 Å². The third kappa shape index (κ3) is 2.82. The fourth-order valence-electron chi connectivity index (χ4n) is 1.46. The molecule has 0 aromatic heterocycles. The van der Waals surface area contributed by atoms with Crippen molar-refractivity contribution < 1.29 is 4.52 Å². The molecule has 0 amide bonds. The summed E-state index contributed by atoms with van der Waals surface area (Å²) in [5, 5.41) is 1.45. The van der Waals surface area contributed by atoms with Gasteiger partial charge in [0.05, 0.1) is 0 Å². The van der Waals surface area contributed by atoms with Crippen molar-refractivity contribution in [3.8, 4) is 0 Å². The van der Waals surface area contributed by atoms with Gasteiger partial charge in [0.1, 0.15) is 0 Å². The number of rotatable bonds is 3. The molecule has 0 heterocycles. The normalized spacial score (nSPS) is 16.0. The van der Waals surface area contributed by atoms with Crippen molar-refractivity contribution in [2.45, 2.75) is 32.9 Å². The van der Waals surface area contributed by atoms with Crippen LogP contribution in [0.4, 0.5) is 0 Å². The Balaban J connectivity index is 3.20. The van der Waals surface area contributed by atoms with Gasteiger partial charge >= 0.3 is 100 Å². The Hall–Kier alpha value is 0.129. The zero-order valence-corrected chi connectivity index (χ0v) is 12.5. The second kappa shape index (κ2) is 4.97. The molecular weight excluding hydrogens is 270 g/mol. The molecule has 0 aliphatic rings. The molecule has 0 fully saturated rings. The van der Waals surface area contributed by atoms with E-state index >= 15 is 0 Å². The van der Waals surface area contributed by atoms with Crippen molar-refractivity contribution in [3.05, 3.63) is 30.3 Å². The molecule has 1 atom stereocenters. The molecule has 1 rings (SSSR count). The Morgan fingerprint density at radius 2 is 1.73 bits per heavy atom. The fraction of sp³-hybridized carbons (Fsp3) is 0.500. The summed E-state index contributed by atoms with van der Waals surface area (Å²) in [6.07, 6.45) is 0. The molecule has 0 bridgehead atoms. The van der Waals surface area contributed by atoms with Gasteiger partial charge in [-0.05, 0) is 0 Å². The average Bonchev–Trinajstić information content (AvgIpc) is 2.18. The first kappa shape index (κ1) is 13.2. The van der Waals surface area contributed by atoms with Gasteiger partial charge in [0.25, 0.3) is 0 Å². The quantitative estimate of drug-likeness (QED) is 0.613. The first-order valence-electron chi connectivity index (χ1n) is 5.22. The molecular formula is C12H19OPSe. The van der Waals surface area contributed by atoms with E-state index in [9.17, 15) is 0 Å². The average molecular weight is 289 g/mol. The zero-order chi connectivity index (χ0) is 11.5. The van der Waals surface area contributed by atoms with Crippen LogP contribution in [0.2, 0.25) is 0 Å². The second-order valence-corrected chi connectivity index (χ2v) is 10.9. The van der Waals surface area contributed by atoms with Crippen LogP contribution in [0.5, 0.6) is 0 Å². The van der Waals surface area contributed by atoms with Crippen molar-refractivity contribution >= 4 is 26.1 Å². The minimum atomic E-state index is -1.63. The predicted molar refractivity (Wildman–Crippen MR) is 70.1 cm³/mol. The van der Waals surface area contributed by atoms with E-state index < -0.39 is 5.74 Å². The van der Waals surface area contributed by atoms with Gasteiger partial charge in [0.2, 0.25) is 0 Å². The summed E-state index contributed by atoms with van der Waals surface area (Å²) in [4.78, 5) is 0. The molecule has 0 aliphatic heterocycles. The molecule has 1 aromatic carbocycles. The summed E-state index contributed by atoms with van der Waals surface area (Å²) >= 11 is 3.34. The SMILES string of the molecule is CCO[P@@](=[Se])(c1ccccc1)C(C)(C)C. The van der Waals surface area contributed by atoms with E-state index in [1.165, 1.54) is 5.30 Å². The van der Waals surface area contributed by atoms with Crippen molar-refractivity contribution in [2.24, 2.45) is 0 Å². The third-order valence-electron chi connectivity index (χ3n) is 2.29. The summed E-state index contributed by atoms with van der Waals surface area (Å²) in [7, 11) is 0. The van der Waals surface area contributed by atoms with E-state index in [2.05, 4.69) is 67.1 Å². The van der Waals surface area contributed by atoms with E-state index in [-0.39, 0.29) is 5.16 Å². The first-order valence-corrected chi connectivity index (χ1v) is 9.14. The van der Waals surface area contributed by atoms with Gasteiger partial charge in [-0.15, -0.1) is 0 Å². The van der Waals surface area contributed by atoms with E-state index in [1.54, 1.807) is 0 Å². The van der Waals surface area contributed by atoms with Gasteiger partial charge in [0.15, 0.2) is 0 Å². The first-order chi connectivity index (χ1) is 6.92. The molecule has 84 valence electrons. The number of benzene rings is 1. The van der Waals surface area contributed by atoms with Crippen LogP contribution in [0, 0.1) is 0 Å². The van der Waals surface area contributed by atoms with Crippen LogP contribution in [0.1, 0.15) is 27.7 Å². The Morgan fingerprint density at radius 1 is 1.20 bits per heavy atom. The molecule has 15 heavy (non-hydrogen) atoms. The molecule has 0 aliphatic carbocycles. The minimum absolute atomic E-state index is 0.143. The van der Waals surface area contributed by atoms with Crippen LogP contribution >= 0.6 is 5.74 Å². The van der Waals surface area contributed by atoms with E-state index in [4.69, 9.17) is 4.52 Å². The van der Waals surface area contributed by atoms with Crippen molar-refractivity contribution in [3.63, 3.8) is 0 Å². The maximum absolute atomic E-state index is 6.04. The van der Waals surface area contributed by atoms with Crippen molar-refractivity contribution in [2.75, 3.05) is 6.61 Å². The Labute approximate surface area is 101 Å². The molecule has 1 nitrogen and oxygen atoms in total. The maximum atomic E-state index is 6.04. The van der Waals surface area contributed by atoms with Gasteiger partial charge in [-0.2, -0.15) is 0 Å². The fourth-order valence-corrected chi connectivity index (χ4v) is 5.13. The summed E-state index contributed by atoms with van der Waals surface area (Å²) < 4.78 is 6.04. The van der Waals surface area contributed by atoms with Crippen LogP contribution in [0.15, 0.2) is 30.3 Å². The van der Waals surface area contributed by atoms with Crippen LogP contribution < -0.4 is 5.30 Å². The summed E-state index contributed by atoms with van der Waals surface area (Å²) in [6.45, 7) is 9.52. The molecule has 0 unspecified atom stereocenters. The second-order valence-electron chi connectivity index (χ2n) is 4.48. The molecule has 3 heteroatoms. The van der Waals surface area contributed by atoms with Gasteiger partial charge in [0, 0.05) is 0 Å². The molecule has 1 aromatic rings. The van der Waals surface area contributed by atoms with E-state index in [0.29, 0.717) is 0 Å². The summed E-state index contributed by atoms with van der Waals surface area (Å²) in [6, 6.07) is 10.5. The summed E-state index contributed by atoms with van der Waals surface area (Å²) in [5.41, 5.74) is -1.63. The molecule has 0 saturated heterocycles. The zero-order valence-electron chi connectivity index (χ0n) is 9.86. The standard InChI is InChI=1S/C12H19OPSe/c1-5-13-14(15,12(2,3)4)11-9-7-6-8-10-11/h6-10H,5H2,1-4H3/t14-/m1/s1. The monoisotopic (exact) mass is 290 g/mol. The molecule has 0 radical (unpaired) electrons. The Bertz CT molecular complexity index is 354. The van der Waals surface area contributed by atoms with Gasteiger partial charge in [-0.3, -0.25) is 0 Å². The van der Waals surface area contributed by atoms with Crippen LogP contribution in [0.25, 0.3) is 0 Å². The predicted octanol–water partition coefficient (Wildman–Crippen LogP) is 3.16. The number of hydrogen-bond acceptors (Lipinski definition) is 1.